The number of sulfonamides is 1. The van der Waals surface area contributed by atoms with Crippen LogP contribution in [0.3, 0.4) is 0 Å². The summed E-state index contributed by atoms with van der Waals surface area (Å²) < 4.78 is 26.0. The van der Waals surface area contributed by atoms with Gasteiger partial charge in [-0.1, -0.05) is 0 Å². The van der Waals surface area contributed by atoms with Crippen molar-refractivity contribution in [3.8, 4) is 0 Å². The van der Waals surface area contributed by atoms with Crippen molar-refractivity contribution in [1.82, 2.24) is 4.31 Å². The van der Waals surface area contributed by atoms with Gasteiger partial charge in [-0.05, 0) is 43.2 Å². The molecule has 1 aliphatic heterocycles. The summed E-state index contributed by atoms with van der Waals surface area (Å²) in [5, 5.41) is 8.46. The van der Waals surface area contributed by atoms with Crippen molar-refractivity contribution >= 4 is 21.8 Å². The molecule has 0 bridgehead atoms. The number of hydrogen-bond acceptors (Lipinski definition) is 4. The van der Waals surface area contributed by atoms with Crippen LogP contribution in [0.4, 0.5) is 0 Å². The number of allylic oxidation sites excluding steroid dienone is 1. The van der Waals surface area contributed by atoms with Gasteiger partial charge in [-0.25, -0.2) is 13.2 Å². The van der Waals surface area contributed by atoms with Crippen molar-refractivity contribution in [3.63, 3.8) is 0 Å². The van der Waals surface area contributed by atoms with E-state index in [9.17, 15) is 18.0 Å². The Morgan fingerprint density at radius 2 is 1.62 bits per heavy atom. The number of nitrogens with zero attached hydrogens (tertiary/aromatic N) is 1. The normalized spacial score (nSPS) is 16.4. The minimum Gasteiger partial charge on any atom is -0.478 e. The van der Waals surface area contributed by atoms with Gasteiger partial charge in [0.25, 0.3) is 0 Å². The van der Waals surface area contributed by atoms with Crippen LogP contribution >= 0.6 is 0 Å². The number of rotatable bonds is 5. The molecule has 0 unspecified atom stereocenters. The molecule has 0 atom stereocenters. The van der Waals surface area contributed by atoms with Gasteiger partial charge in [0.05, 0.1) is 4.90 Å². The fourth-order valence-corrected chi connectivity index (χ4v) is 3.63. The van der Waals surface area contributed by atoms with E-state index in [4.69, 9.17) is 5.11 Å². The molecule has 7 heteroatoms. The van der Waals surface area contributed by atoms with Crippen molar-refractivity contribution in [2.75, 3.05) is 13.1 Å². The van der Waals surface area contributed by atoms with E-state index >= 15 is 0 Å². The van der Waals surface area contributed by atoms with Crippen LogP contribution in [0.5, 0.6) is 0 Å². The molecule has 1 N–H and O–H groups in total. The van der Waals surface area contributed by atoms with Crippen LogP contribution in [-0.2, 0) is 14.8 Å². The Bertz CT molecular complexity index is 670. The molecular weight excluding hydrogens is 294 g/mol. The molecule has 21 heavy (non-hydrogen) atoms. The van der Waals surface area contributed by atoms with E-state index in [1.807, 2.05) is 0 Å². The maximum atomic E-state index is 12.3. The molecule has 1 aliphatic rings. The van der Waals surface area contributed by atoms with Crippen LogP contribution in [0.25, 0.3) is 0 Å². The lowest BCUT2D eigenvalue weighted by Gasteiger charge is -2.15. The Kier molecular flexibility index (Phi) is 4.54. The Morgan fingerprint density at radius 3 is 2.14 bits per heavy atom. The Morgan fingerprint density at radius 1 is 1.05 bits per heavy atom. The van der Waals surface area contributed by atoms with Crippen LogP contribution in [-0.4, -0.2) is 42.7 Å². The van der Waals surface area contributed by atoms with Crippen molar-refractivity contribution in [3.05, 3.63) is 42.0 Å². The number of carbonyl (C=O) groups excluding carboxylic acids is 1. The lowest BCUT2D eigenvalue weighted by Crippen LogP contribution is -2.27. The van der Waals surface area contributed by atoms with Gasteiger partial charge in [0.15, 0.2) is 5.78 Å². The lowest BCUT2D eigenvalue weighted by molar-refractivity contribution is -0.131. The third-order valence-electron chi connectivity index (χ3n) is 3.22. The molecule has 1 fully saturated rings. The first kappa shape index (κ1) is 15.4. The molecule has 0 saturated carbocycles. The van der Waals surface area contributed by atoms with Crippen LogP contribution in [0.15, 0.2) is 41.3 Å². The molecule has 1 aromatic rings. The minimum atomic E-state index is -3.50. The zero-order valence-electron chi connectivity index (χ0n) is 11.2. The van der Waals surface area contributed by atoms with Gasteiger partial charge in [0, 0.05) is 24.7 Å². The highest BCUT2D eigenvalue weighted by Crippen LogP contribution is 2.21. The molecule has 0 spiro atoms. The first-order valence-corrected chi connectivity index (χ1v) is 7.91. The maximum Gasteiger partial charge on any atom is 0.328 e. The van der Waals surface area contributed by atoms with Gasteiger partial charge < -0.3 is 5.11 Å². The number of hydrogen-bond donors (Lipinski definition) is 1. The zero-order valence-corrected chi connectivity index (χ0v) is 12.0. The van der Waals surface area contributed by atoms with Crippen LogP contribution in [0.2, 0.25) is 0 Å². The van der Waals surface area contributed by atoms with E-state index in [2.05, 4.69) is 0 Å². The maximum absolute atomic E-state index is 12.3. The molecule has 6 nitrogen and oxygen atoms in total. The summed E-state index contributed by atoms with van der Waals surface area (Å²) in [5.74, 6) is -1.70. The van der Waals surface area contributed by atoms with Crippen LogP contribution in [0.1, 0.15) is 23.2 Å². The van der Waals surface area contributed by atoms with Crippen LogP contribution < -0.4 is 0 Å². The standard InChI is InChI=1S/C14H15NO5S/c16-13(7-8-14(17)18)11-3-5-12(6-4-11)21(19,20)15-9-1-2-10-15/h3-8H,1-2,9-10H2,(H,17,18)/b8-7+. The highest BCUT2D eigenvalue weighted by atomic mass is 32.2. The van der Waals surface area contributed by atoms with Gasteiger partial charge in [-0.15, -0.1) is 0 Å². The van der Waals surface area contributed by atoms with E-state index in [-0.39, 0.29) is 10.5 Å². The van der Waals surface area contributed by atoms with E-state index in [1.165, 1.54) is 28.6 Å². The second kappa shape index (κ2) is 6.19. The largest absolute Gasteiger partial charge is 0.478 e. The smallest absolute Gasteiger partial charge is 0.328 e. The predicted octanol–water partition coefficient (Wildman–Crippen LogP) is 1.29. The highest BCUT2D eigenvalue weighted by Gasteiger charge is 2.26. The van der Waals surface area contributed by atoms with E-state index in [1.54, 1.807) is 0 Å². The number of ketones is 1. The van der Waals surface area contributed by atoms with Crippen molar-refractivity contribution < 1.29 is 23.1 Å². The summed E-state index contributed by atoms with van der Waals surface area (Å²) >= 11 is 0. The summed E-state index contributed by atoms with van der Waals surface area (Å²) in [6.45, 7) is 1.04. The number of carboxylic acid groups (broad SMARTS) is 1. The molecule has 0 radical (unpaired) electrons. The topological polar surface area (TPSA) is 91.7 Å². The highest BCUT2D eigenvalue weighted by molar-refractivity contribution is 7.89. The molecular formula is C14H15NO5S. The molecule has 2 rings (SSSR count). The summed E-state index contributed by atoms with van der Waals surface area (Å²) in [7, 11) is -3.50. The summed E-state index contributed by atoms with van der Waals surface area (Å²) in [6.07, 6.45) is 3.40. The molecule has 112 valence electrons. The zero-order chi connectivity index (χ0) is 15.5. The molecule has 1 aromatic carbocycles. The summed E-state index contributed by atoms with van der Waals surface area (Å²) in [6, 6.07) is 5.51. The van der Waals surface area contributed by atoms with Crippen molar-refractivity contribution in [2.24, 2.45) is 0 Å². The average Bonchev–Trinajstić information content (AvgIpc) is 2.99. The Labute approximate surface area is 122 Å². The SMILES string of the molecule is O=C(O)/C=C/C(=O)c1ccc(S(=O)(=O)N2CCCC2)cc1. The predicted molar refractivity (Wildman–Crippen MR) is 75.5 cm³/mol. The van der Waals surface area contributed by atoms with Gasteiger partial charge in [0.1, 0.15) is 0 Å². The number of carboxylic acids is 1. The molecule has 0 amide bonds. The van der Waals surface area contributed by atoms with Crippen molar-refractivity contribution in [2.45, 2.75) is 17.7 Å². The molecule has 1 saturated heterocycles. The third-order valence-corrected chi connectivity index (χ3v) is 5.13. The first-order chi connectivity index (χ1) is 9.91. The molecule has 1 heterocycles. The number of carbonyl (C=O) groups is 2. The summed E-state index contributed by atoms with van der Waals surface area (Å²) in [4.78, 5) is 22.1. The summed E-state index contributed by atoms with van der Waals surface area (Å²) in [5.41, 5.74) is 0.243. The minimum absolute atomic E-state index is 0.142. The fraction of sp³-hybridized carbons (Fsp3) is 0.286. The van der Waals surface area contributed by atoms with Gasteiger partial charge in [-0.2, -0.15) is 4.31 Å². The van der Waals surface area contributed by atoms with Crippen LogP contribution in [0, 0.1) is 0 Å². The average molecular weight is 309 g/mol. The first-order valence-electron chi connectivity index (χ1n) is 6.47. The Balaban J connectivity index is 2.19. The second-order valence-electron chi connectivity index (χ2n) is 4.67. The fourth-order valence-electron chi connectivity index (χ4n) is 2.11. The Hall–Kier alpha value is -1.99. The van der Waals surface area contributed by atoms with Crippen molar-refractivity contribution in [1.29, 1.82) is 0 Å². The lowest BCUT2D eigenvalue weighted by atomic mass is 10.1. The molecule has 0 aromatic heterocycles. The third kappa shape index (κ3) is 3.56. The number of benzene rings is 1. The molecule has 0 aliphatic carbocycles. The van der Waals surface area contributed by atoms with E-state index < -0.39 is 21.8 Å². The number of aliphatic carboxylic acids is 1. The van der Waals surface area contributed by atoms with Gasteiger partial charge in [0.2, 0.25) is 10.0 Å². The quantitative estimate of drug-likeness (QED) is 0.653. The van der Waals surface area contributed by atoms with Gasteiger partial charge in [-0.3, -0.25) is 4.79 Å². The van der Waals surface area contributed by atoms with E-state index in [0.717, 1.165) is 25.0 Å². The van der Waals surface area contributed by atoms with Gasteiger partial charge >= 0.3 is 5.97 Å². The monoisotopic (exact) mass is 309 g/mol. The van der Waals surface area contributed by atoms with E-state index in [0.29, 0.717) is 13.1 Å². The second-order valence-corrected chi connectivity index (χ2v) is 6.61.